The predicted octanol–water partition coefficient (Wildman–Crippen LogP) is 1.80. The van der Waals surface area contributed by atoms with Gasteiger partial charge < -0.3 is 10.5 Å². The molecule has 2 rings (SSSR count). The molecule has 2 aromatic rings. The van der Waals surface area contributed by atoms with Crippen LogP contribution in [0.2, 0.25) is 0 Å². The van der Waals surface area contributed by atoms with Gasteiger partial charge in [-0.05, 0) is 47.2 Å². The van der Waals surface area contributed by atoms with Gasteiger partial charge in [-0.25, -0.2) is 4.98 Å². The summed E-state index contributed by atoms with van der Waals surface area (Å²) in [6.07, 6.45) is 1.58. The zero-order valence-corrected chi connectivity index (χ0v) is 12.8. The zero-order chi connectivity index (χ0) is 14.0. The molecule has 0 aliphatic heterocycles. The summed E-state index contributed by atoms with van der Waals surface area (Å²) in [4.78, 5) is 16.3. The van der Waals surface area contributed by atoms with Crippen LogP contribution in [0, 0.1) is 10.5 Å². The summed E-state index contributed by atoms with van der Waals surface area (Å²) in [7, 11) is 1.59. The Morgan fingerprint density at radius 3 is 2.84 bits per heavy atom. The van der Waals surface area contributed by atoms with Crippen LogP contribution in [0.25, 0.3) is 0 Å². The number of halogens is 1. The van der Waals surface area contributed by atoms with Crippen LogP contribution in [0.3, 0.4) is 0 Å². The molecular formula is C13H14IN3O2. The number of nitrogens with zero attached hydrogens (tertiary/aromatic N) is 2. The van der Waals surface area contributed by atoms with Crippen molar-refractivity contribution in [2.75, 3.05) is 12.8 Å². The molecule has 0 unspecified atom stereocenters. The van der Waals surface area contributed by atoms with E-state index in [1.807, 2.05) is 34.7 Å². The highest BCUT2D eigenvalue weighted by molar-refractivity contribution is 14.1. The Kier molecular flexibility index (Phi) is 4.08. The first-order chi connectivity index (χ1) is 9.01. The van der Waals surface area contributed by atoms with E-state index in [0.717, 1.165) is 5.56 Å². The van der Waals surface area contributed by atoms with Crippen LogP contribution in [-0.2, 0) is 6.54 Å². The summed E-state index contributed by atoms with van der Waals surface area (Å²) in [5, 5.41) is 0. The highest BCUT2D eigenvalue weighted by Crippen LogP contribution is 2.19. The highest BCUT2D eigenvalue weighted by Gasteiger charge is 2.07. The van der Waals surface area contributed by atoms with E-state index < -0.39 is 0 Å². The van der Waals surface area contributed by atoms with Crippen LogP contribution in [0.1, 0.15) is 11.4 Å². The molecule has 5 nitrogen and oxygen atoms in total. The van der Waals surface area contributed by atoms with E-state index in [9.17, 15) is 4.79 Å². The number of methoxy groups -OCH3 is 1. The Hall–Kier alpha value is -1.57. The molecule has 19 heavy (non-hydrogen) atoms. The minimum Gasteiger partial charge on any atom is -0.497 e. The quantitative estimate of drug-likeness (QED) is 0.660. The molecule has 6 heteroatoms. The summed E-state index contributed by atoms with van der Waals surface area (Å²) >= 11 is 1.98. The summed E-state index contributed by atoms with van der Waals surface area (Å²) in [6, 6.07) is 5.43. The van der Waals surface area contributed by atoms with Gasteiger partial charge in [0.1, 0.15) is 11.6 Å². The van der Waals surface area contributed by atoms with E-state index in [1.54, 1.807) is 30.9 Å². The number of anilines is 1. The van der Waals surface area contributed by atoms with Crippen LogP contribution in [-0.4, -0.2) is 16.7 Å². The van der Waals surface area contributed by atoms with Crippen molar-refractivity contribution in [2.45, 2.75) is 13.5 Å². The molecule has 0 aliphatic carbocycles. The Bertz CT molecular complexity index is 667. The Morgan fingerprint density at radius 1 is 1.42 bits per heavy atom. The van der Waals surface area contributed by atoms with Crippen LogP contribution in [0.5, 0.6) is 5.75 Å². The van der Waals surface area contributed by atoms with Gasteiger partial charge in [0.05, 0.1) is 17.2 Å². The number of hydrogen-bond donors (Lipinski definition) is 1. The number of ether oxygens (including phenoxy) is 1. The van der Waals surface area contributed by atoms with Crippen molar-refractivity contribution >= 4 is 28.3 Å². The standard InChI is InChI=1S/C13H14IN3O2/c1-8-16-6-12(14)13(18)17(8)7-9-3-10(15)5-11(4-9)19-2/h3-6H,7,15H2,1-2H3. The second-order valence-corrected chi connectivity index (χ2v) is 5.32. The summed E-state index contributed by atoms with van der Waals surface area (Å²) in [5.74, 6) is 1.35. The SMILES string of the molecule is COc1cc(N)cc(Cn2c(C)ncc(I)c2=O)c1. The average molecular weight is 371 g/mol. The number of rotatable bonds is 3. The summed E-state index contributed by atoms with van der Waals surface area (Å²) in [6.45, 7) is 2.23. The number of hydrogen-bond acceptors (Lipinski definition) is 4. The smallest absolute Gasteiger partial charge is 0.267 e. The molecule has 0 fully saturated rings. The number of aryl methyl sites for hydroxylation is 1. The van der Waals surface area contributed by atoms with Crippen LogP contribution >= 0.6 is 22.6 Å². The Labute approximate surface area is 124 Å². The maximum atomic E-state index is 12.1. The topological polar surface area (TPSA) is 70.1 Å². The zero-order valence-electron chi connectivity index (χ0n) is 10.7. The molecule has 0 atom stereocenters. The van der Waals surface area contributed by atoms with Gasteiger partial charge >= 0.3 is 0 Å². The minimum atomic E-state index is -0.0468. The molecule has 1 aromatic carbocycles. The molecular weight excluding hydrogens is 357 g/mol. The number of benzene rings is 1. The average Bonchev–Trinajstić information content (AvgIpc) is 2.38. The van der Waals surface area contributed by atoms with Crippen molar-refractivity contribution in [2.24, 2.45) is 0 Å². The number of nitrogen functional groups attached to an aromatic ring is 1. The summed E-state index contributed by atoms with van der Waals surface area (Å²) in [5.41, 5.74) is 7.28. The molecule has 0 aliphatic rings. The lowest BCUT2D eigenvalue weighted by Crippen LogP contribution is -2.26. The van der Waals surface area contributed by atoms with Gasteiger partial charge in [-0.15, -0.1) is 0 Å². The monoisotopic (exact) mass is 371 g/mol. The second kappa shape index (κ2) is 5.60. The lowest BCUT2D eigenvalue weighted by Gasteiger charge is -2.11. The Morgan fingerprint density at radius 2 is 2.16 bits per heavy atom. The first-order valence-corrected chi connectivity index (χ1v) is 6.74. The largest absolute Gasteiger partial charge is 0.497 e. The molecule has 1 heterocycles. The van der Waals surface area contributed by atoms with E-state index in [-0.39, 0.29) is 5.56 Å². The molecule has 0 bridgehead atoms. The fraction of sp³-hybridized carbons (Fsp3) is 0.231. The molecule has 1 aromatic heterocycles. The van der Waals surface area contributed by atoms with Crippen molar-refractivity contribution in [1.29, 1.82) is 0 Å². The van der Waals surface area contributed by atoms with E-state index in [2.05, 4.69) is 4.98 Å². The fourth-order valence-corrected chi connectivity index (χ4v) is 2.25. The van der Waals surface area contributed by atoms with Crippen LogP contribution in [0.15, 0.2) is 29.2 Å². The number of nitrogens with two attached hydrogens (primary N) is 1. The fourth-order valence-electron chi connectivity index (χ4n) is 1.81. The first-order valence-electron chi connectivity index (χ1n) is 5.66. The predicted molar refractivity (Wildman–Crippen MR) is 82.5 cm³/mol. The highest BCUT2D eigenvalue weighted by atomic mass is 127. The minimum absolute atomic E-state index is 0.0468. The third-order valence-corrected chi connectivity index (χ3v) is 3.51. The van der Waals surface area contributed by atoms with Crippen molar-refractivity contribution in [1.82, 2.24) is 9.55 Å². The van der Waals surface area contributed by atoms with Crippen molar-refractivity contribution in [3.05, 3.63) is 49.7 Å². The van der Waals surface area contributed by atoms with Gasteiger partial charge in [-0.1, -0.05) is 0 Å². The third-order valence-electron chi connectivity index (χ3n) is 2.77. The van der Waals surface area contributed by atoms with Gasteiger partial charge in [0, 0.05) is 18.0 Å². The molecule has 0 amide bonds. The lowest BCUT2D eigenvalue weighted by molar-refractivity contribution is 0.414. The lowest BCUT2D eigenvalue weighted by atomic mass is 10.2. The van der Waals surface area contributed by atoms with Gasteiger partial charge in [-0.2, -0.15) is 0 Å². The van der Waals surface area contributed by atoms with Crippen molar-refractivity contribution in [3.8, 4) is 5.75 Å². The van der Waals surface area contributed by atoms with Gasteiger partial charge in [0.2, 0.25) is 0 Å². The number of aromatic nitrogens is 2. The normalized spacial score (nSPS) is 10.5. The first kappa shape index (κ1) is 13.9. The van der Waals surface area contributed by atoms with Gasteiger partial charge in [0.25, 0.3) is 5.56 Å². The van der Waals surface area contributed by atoms with Gasteiger partial charge in [-0.3, -0.25) is 9.36 Å². The second-order valence-electron chi connectivity index (χ2n) is 4.16. The van der Waals surface area contributed by atoms with Gasteiger partial charge in [0.15, 0.2) is 0 Å². The third kappa shape index (κ3) is 3.06. The maximum Gasteiger partial charge on any atom is 0.267 e. The van der Waals surface area contributed by atoms with Crippen molar-refractivity contribution in [3.63, 3.8) is 0 Å². The molecule has 0 saturated carbocycles. The van der Waals surface area contributed by atoms with Crippen molar-refractivity contribution < 1.29 is 4.74 Å². The summed E-state index contributed by atoms with van der Waals surface area (Å²) < 4.78 is 7.39. The molecule has 0 saturated heterocycles. The maximum absolute atomic E-state index is 12.1. The van der Waals surface area contributed by atoms with E-state index in [4.69, 9.17) is 10.5 Å². The molecule has 2 N–H and O–H groups in total. The van der Waals surface area contributed by atoms with E-state index in [0.29, 0.717) is 27.4 Å². The van der Waals surface area contributed by atoms with E-state index >= 15 is 0 Å². The van der Waals surface area contributed by atoms with Crippen LogP contribution < -0.4 is 16.0 Å². The molecule has 100 valence electrons. The Balaban J connectivity index is 2.44. The molecule has 0 radical (unpaired) electrons. The van der Waals surface area contributed by atoms with E-state index in [1.165, 1.54) is 0 Å². The molecule has 0 spiro atoms. The van der Waals surface area contributed by atoms with Crippen LogP contribution in [0.4, 0.5) is 5.69 Å².